The predicted molar refractivity (Wildman–Crippen MR) is 65.5 cm³/mol. The smallest absolute Gasteiger partial charge is 0.0836 e. The zero-order chi connectivity index (χ0) is 10.7. The van der Waals surface area contributed by atoms with Crippen molar-refractivity contribution in [1.29, 1.82) is 0 Å². The Morgan fingerprint density at radius 2 is 2.07 bits per heavy atom. The molecule has 15 heavy (non-hydrogen) atoms. The first-order valence-electron chi connectivity index (χ1n) is 5.23. The Kier molecular flexibility index (Phi) is 3.75. The number of hydrogen-bond acceptors (Lipinski definition) is 3. The molecule has 1 heterocycles. The second-order valence-corrected chi connectivity index (χ2v) is 4.70. The van der Waals surface area contributed by atoms with Crippen LogP contribution in [-0.4, -0.2) is 31.1 Å². The third-order valence-electron chi connectivity index (χ3n) is 2.74. The fourth-order valence-corrected chi connectivity index (χ4v) is 2.28. The SMILES string of the molecule is NC(c1cccc(Br)c1)N1CCNCC1. The Morgan fingerprint density at radius 3 is 2.73 bits per heavy atom. The van der Waals surface area contributed by atoms with Gasteiger partial charge in [-0.25, -0.2) is 0 Å². The molecule has 0 radical (unpaired) electrons. The molecule has 0 aromatic heterocycles. The van der Waals surface area contributed by atoms with Gasteiger partial charge in [-0.3, -0.25) is 4.90 Å². The summed E-state index contributed by atoms with van der Waals surface area (Å²) in [5.74, 6) is 0. The Bertz CT molecular complexity index is 323. The minimum absolute atomic E-state index is 0.0181. The molecule has 2 rings (SSSR count). The van der Waals surface area contributed by atoms with E-state index in [2.05, 4.69) is 38.3 Å². The van der Waals surface area contributed by atoms with Crippen molar-refractivity contribution in [3.05, 3.63) is 34.3 Å². The molecular weight excluding hydrogens is 254 g/mol. The van der Waals surface area contributed by atoms with Crippen LogP contribution in [0.1, 0.15) is 11.7 Å². The summed E-state index contributed by atoms with van der Waals surface area (Å²) in [6.45, 7) is 4.10. The van der Waals surface area contributed by atoms with E-state index in [9.17, 15) is 0 Å². The Balaban J connectivity index is 2.08. The second kappa shape index (κ2) is 5.07. The summed E-state index contributed by atoms with van der Waals surface area (Å²) in [5, 5.41) is 3.33. The maximum Gasteiger partial charge on any atom is 0.0836 e. The van der Waals surface area contributed by atoms with Gasteiger partial charge in [0, 0.05) is 30.7 Å². The molecule has 1 unspecified atom stereocenters. The molecule has 3 N–H and O–H groups in total. The van der Waals surface area contributed by atoms with Crippen molar-refractivity contribution < 1.29 is 0 Å². The summed E-state index contributed by atoms with van der Waals surface area (Å²) < 4.78 is 1.09. The third kappa shape index (κ3) is 2.78. The van der Waals surface area contributed by atoms with Crippen molar-refractivity contribution in [1.82, 2.24) is 10.2 Å². The third-order valence-corrected chi connectivity index (χ3v) is 3.23. The normalized spacial score (nSPS) is 20.1. The highest BCUT2D eigenvalue weighted by Crippen LogP contribution is 2.19. The number of rotatable bonds is 2. The van der Waals surface area contributed by atoms with Gasteiger partial charge < -0.3 is 11.1 Å². The molecule has 1 aliphatic rings. The largest absolute Gasteiger partial charge is 0.314 e. The monoisotopic (exact) mass is 269 g/mol. The van der Waals surface area contributed by atoms with Crippen LogP contribution in [0, 0.1) is 0 Å². The Labute approximate surface area is 98.8 Å². The molecule has 0 amide bonds. The van der Waals surface area contributed by atoms with Crippen LogP contribution in [0.4, 0.5) is 0 Å². The fourth-order valence-electron chi connectivity index (χ4n) is 1.86. The van der Waals surface area contributed by atoms with Crippen molar-refractivity contribution in [3.8, 4) is 0 Å². The van der Waals surface area contributed by atoms with Crippen LogP contribution >= 0.6 is 15.9 Å². The van der Waals surface area contributed by atoms with Crippen LogP contribution in [0.2, 0.25) is 0 Å². The number of benzene rings is 1. The molecule has 82 valence electrons. The molecule has 1 saturated heterocycles. The summed E-state index contributed by atoms with van der Waals surface area (Å²) in [4.78, 5) is 2.30. The number of nitrogens with zero attached hydrogens (tertiary/aromatic N) is 1. The molecule has 0 bridgehead atoms. The number of piperazine rings is 1. The second-order valence-electron chi connectivity index (χ2n) is 3.79. The van der Waals surface area contributed by atoms with Crippen molar-refractivity contribution >= 4 is 15.9 Å². The van der Waals surface area contributed by atoms with Gasteiger partial charge in [-0.1, -0.05) is 28.1 Å². The first-order chi connectivity index (χ1) is 7.27. The van der Waals surface area contributed by atoms with Crippen LogP contribution in [0.25, 0.3) is 0 Å². The highest BCUT2D eigenvalue weighted by atomic mass is 79.9. The van der Waals surface area contributed by atoms with Gasteiger partial charge in [0.1, 0.15) is 0 Å². The van der Waals surface area contributed by atoms with Crippen LogP contribution < -0.4 is 11.1 Å². The van der Waals surface area contributed by atoms with Gasteiger partial charge in [-0.05, 0) is 17.7 Å². The summed E-state index contributed by atoms with van der Waals surface area (Å²) in [6, 6.07) is 8.22. The molecule has 1 aromatic carbocycles. The quantitative estimate of drug-likeness (QED) is 0.851. The number of halogens is 1. The maximum absolute atomic E-state index is 6.22. The number of nitrogens with one attached hydrogen (secondary N) is 1. The lowest BCUT2D eigenvalue weighted by atomic mass is 10.1. The summed E-state index contributed by atoms with van der Waals surface area (Å²) in [6.07, 6.45) is 0.0181. The average molecular weight is 270 g/mol. The van der Waals surface area contributed by atoms with E-state index in [0.29, 0.717) is 0 Å². The predicted octanol–water partition coefficient (Wildman–Crippen LogP) is 1.31. The molecule has 4 heteroatoms. The van der Waals surface area contributed by atoms with Gasteiger partial charge in [-0.15, -0.1) is 0 Å². The van der Waals surface area contributed by atoms with E-state index in [1.165, 1.54) is 5.56 Å². The van der Waals surface area contributed by atoms with Gasteiger partial charge in [0.25, 0.3) is 0 Å². The van der Waals surface area contributed by atoms with Crippen molar-refractivity contribution in [2.24, 2.45) is 5.73 Å². The van der Waals surface area contributed by atoms with Gasteiger partial charge in [0.15, 0.2) is 0 Å². The van der Waals surface area contributed by atoms with E-state index < -0.39 is 0 Å². The van der Waals surface area contributed by atoms with E-state index in [4.69, 9.17) is 5.73 Å². The zero-order valence-corrected chi connectivity index (χ0v) is 10.2. The van der Waals surface area contributed by atoms with Crippen molar-refractivity contribution in [3.63, 3.8) is 0 Å². The Hall–Kier alpha value is -0.420. The van der Waals surface area contributed by atoms with Crippen LogP contribution in [-0.2, 0) is 0 Å². The molecule has 0 aliphatic carbocycles. The van der Waals surface area contributed by atoms with E-state index in [1.807, 2.05) is 12.1 Å². The molecular formula is C11H16BrN3. The van der Waals surface area contributed by atoms with E-state index in [-0.39, 0.29) is 6.17 Å². The first kappa shape index (κ1) is 11.1. The maximum atomic E-state index is 6.22. The van der Waals surface area contributed by atoms with Gasteiger partial charge >= 0.3 is 0 Å². The lowest BCUT2D eigenvalue weighted by Crippen LogP contribution is -2.47. The van der Waals surface area contributed by atoms with Crippen LogP contribution in [0.3, 0.4) is 0 Å². The highest BCUT2D eigenvalue weighted by Gasteiger charge is 2.17. The standard InChI is InChI=1S/C11H16BrN3/c12-10-3-1-2-9(8-10)11(13)15-6-4-14-5-7-15/h1-3,8,11,14H,4-7,13H2. The first-order valence-corrected chi connectivity index (χ1v) is 6.02. The number of hydrogen-bond donors (Lipinski definition) is 2. The van der Waals surface area contributed by atoms with Gasteiger partial charge in [-0.2, -0.15) is 0 Å². The highest BCUT2D eigenvalue weighted by molar-refractivity contribution is 9.10. The van der Waals surface area contributed by atoms with Crippen molar-refractivity contribution in [2.45, 2.75) is 6.17 Å². The van der Waals surface area contributed by atoms with E-state index >= 15 is 0 Å². The molecule has 0 saturated carbocycles. The van der Waals surface area contributed by atoms with Crippen LogP contribution in [0.5, 0.6) is 0 Å². The minimum atomic E-state index is 0.0181. The number of nitrogens with two attached hydrogens (primary N) is 1. The lowest BCUT2D eigenvalue weighted by molar-refractivity contribution is 0.177. The zero-order valence-electron chi connectivity index (χ0n) is 8.62. The molecule has 1 aliphatic heterocycles. The molecule has 3 nitrogen and oxygen atoms in total. The van der Waals surface area contributed by atoms with E-state index in [1.54, 1.807) is 0 Å². The average Bonchev–Trinajstić information content (AvgIpc) is 2.29. The van der Waals surface area contributed by atoms with Crippen molar-refractivity contribution in [2.75, 3.05) is 26.2 Å². The van der Waals surface area contributed by atoms with Gasteiger partial charge in [0.05, 0.1) is 6.17 Å². The van der Waals surface area contributed by atoms with Gasteiger partial charge in [0.2, 0.25) is 0 Å². The summed E-state index contributed by atoms with van der Waals surface area (Å²) in [5.41, 5.74) is 7.39. The summed E-state index contributed by atoms with van der Waals surface area (Å²) >= 11 is 3.47. The van der Waals surface area contributed by atoms with Crippen LogP contribution in [0.15, 0.2) is 28.7 Å². The fraction of sp³-hybridized carbons (Fsp3) is 0.455. The minimum Gasteiger partial charge on any atom is -0.314 e. The topological polar surface area (TPSA) is 41.3 Å². The summed E-state index contributed by atoms with van der Waals surface area (Å²) in [7, 11) is 0. The lowest BCUT2D eigenvalue weighted by Gasteiger charge is -2.32. The van der Waals surface area contributed by atoms with E-state index in [0.717, 1.165) is 30.7 Å². The molecule has 0 spiro atoms. The Morgan fingerprint density at radius 1 is 1.33 bits per heavy atom. The molecule has 1 aromatic rings. The molecule has 1 fully saturated rings. The molecule has 1 atom stereocenters.